The quantitative estimate of drug-likeness (QED) is 0.435. The third kappa shape index (κ3) is 3.63. The van der Waals surface area contributed by atoms with Gasteiger partial charge < -0.3 is 4.90 Å². The average Bonchev–Trinajstić information content (AvgIpc) is 2.26. The molecule has 0 atom stereocenters. The minimum Gasteiger partial charge on any atom is -0.349 e. The number of hydrogen-bond donors (Lipinski definition) is 0. The van der Waals surface area contributed by atoms with Gasteiger partial charge in [0, 0.05) is 31.1 Å². The minimum absolute atomic E-state index is 0.0918. The van der Waals surface area contributed by atoms with Crippen LogP contribution < -0.4 is 0 Å². The Morgan fingerprint density at radius 3 is 2.88 bits per heavy atom. The van der Waals surface area contributed by atoms with E-state index in [9.17, 15) is 4.79 Å². The molecule has 0 heterocycles. The number of carbonyl (C=O) groups is 1. The van der Waals surface area contributed by atoms with Crippen molar-refractivity contribution in [1.29, 1.82) is 0 Å². The van der Waals surface area contributed by atoms with Crippen LogP contribution in [0.3, 0.4) is 0 Å². The fourth-order valence-corrected chi connectivity index (χ4v) is 1.30. The first kappa shape index (κ1) is 12.1. The highest BCUT2D eigenvalue weighted by Gasteiger charge is 2.04. The molecule has 0 fully saturated rings. The zero-order valence-corrected chi connectivity index (χ0v) is 9.42. The molecule has 0 bridgehead atoms. The summed E-state index contributed by atoms with van der Waals surface area (Å²) in [5.41, 5.74) is 9.88. The molecule has 5 heteroatoms. The summed E-state index contributed by atoms with van der Waals surface area (Å²) in [4.78, 5) is 15.7. The van der Waals surface area contributed by atoms with Crippen LogP contribution in [0.1, 0.15) is 12.0 Å². The van der Waals surface area contributed by atoms with Gasteiger partial charge in [-0.25, -0.2) is 0 Å². The zero-order chi connectivity index (χ0) is 12.0. The first-order valence-corrected chi connectivity index (χ1v) is 4.97. The molecule has 0 spiro atoms. The summed E-state index contributed by atoms with van der Waals surface area (Å²) in [6.45, 7) is 0. The Morgan fingerprint density at radius 2 is 2.25 bits per heavy atom. The number of nitrogens with zero attached hydrogens (tertiary/aromatic N) is 4. The van der Waals surface area contributed by atoms with Crippen molar-refractivity contribution in [3.8, 4) is 0 Å². The molecule has 0 aliphatic carbocycles. The summed E-state index contributed by atoms with van der Waals surface area (Å²) in [5, 5.41) is 3.51. The van der Waals surface area contributed by atoms with Crippen LogP contribution in [-0.4, -0.2) is 24.9 Å². The van der Waals surface area contributed by atoms with Gasteiger partial charge in [-0.1, -0.05) is 23.3 Å². The lowest BCUT2D eigenvalue weighted by Gasteiger charge is -2.09. The van der Waals surface area contributed by atoms with Crippen molar-refractivity contribution in [1.82, 2.24) is 4.90 Å². The second-order valence-corrected chi connectivity index (χ2v) is 3.65. The Morgan fingerprint density at radius 1 is 1.50 bits per heavy atom. The maximum atomic E-state index is 11.4. The van der Waals surface area contributed by atoms with Crippen LogP contribution in [0.5, 0.6) is 0 Å². The second kappa shape index (κ2) is 5.78. The normalized spacial score (nSPS) is 9.38. The first-order valence-electron chi connectivity index (χ1n) is 4.97. The van der Waals surface area contributed by atoms with Crippen LogP contribution in [0, 0.1) is 0 Å². The smallest absolute Gasteiger partial charge is 0.222 e. The molecule has 1 rings (SSSR count). The fourth-order valence-electron chi connectivity index (χ4n) is 1.30. The molecule has 0 aliphatic rings. The number of carbonyl (C=O) groups excluding carboxylic acids is 1. The molecule has 0 N–H and O–H groups in total. The average molecular weight is 218 g/mol. The molecule has 0 aromatic heterocycles. The number of hydrogen-bond acceptors (Lipinski definition) is 2. The standard InChI is InChI=1S/C11H14N4O/c1-15(2)11(16)7-6-9-4-3-5-10(8-9)13-14-12/h3-5,8H,6-7H2,1-2H3. The van der Waals surface area contributed by atoms with Gasteiger partial charge in [0.05, 0.1) is 0 Å². The van der Waals surface area contributed by atoms with E-state index >= 15 is 0 Å². The van der Waals surface area contributed by atoms with Crippen LogP contribution in [-0.2, 0) is 11.2 Å². The number of amides is 1. The zero-order valence-electron chi connectivity index (χ0n) is 9.42. The molecule has 16 heavy (non-hydrogen) atoms. The minimum atomic E-state index is 0.0918. The van der Waals surface area contributed by atoms with E-state index in [-0.39, 0.29) is 5.91 Å². The maximum Gasteiger partial charge on any atom is 0.222 e. The molecule has 1 amide bonds. The number of benzene rings is 1. The Bertz CT molecular complexity index is 422. The van der Waals surface area contributed by atoms with E-state index < -0.39 is 0 Å². The van der Waals surface area contributed by atoms with Gasteiger partial charge in [0.2, 0.25) is 5.91 Å². The van der Waals surface area contributed by atoms with Gasteiger partial charge in [0.15, 0.2) is 0 Å². The molecular weight excluding hydrogens is 204 g/mol. The highest BCUT2D eigenvalue weighted by atomic mass is 16.2. The van der Waals surface area contributed by atoms with E-state index in [1.54, 1.807) is 31.1 Å². The van der Waals surface area contributed by atoms with Crippen molar-refractivity contribution in [2.75, 3.05) is 14.1 Å². The fraction of sp³-hybridized carbons (Fsp3) is 0.364. The second-order valence-electron chi connectivity index (χ2n) is 3.65. The largest absolute Gasteiger partial charge is 0.349 e. The Kier molecular flexibility index (Phi) is 4.36. The van der Waals surface area contributed by atoms with E-state index in [1.165, 1.54) is 0 Å². The Balaban J connectivity index is 2.64. The molecule has 1 aromatic rings. The van der Waals surface area contributed by atoms with Crippen LogP contribution in [0.2, 0.25) is 0 Å². The van der Waals surface area contributed by atoms with Gasteiger partial charge in [-0.15, -0.1) is 0 Å². The van der Waals surface area contributed by atoms with E-state index in [0.29, 0.717) is 18.5 Å². The van der Waals surface area contributed by atoms with Gasteiger partial charge >= 0.3 is 0 Å². The van der Waals surface area contributed by atoms with Crippen LogP contribution in [0.25, 0.3) is 10.4 Å². The van der Waals surface area contributed by atoms with Gasteiger partial charge in [0.1, 0.15) is 0 Å². The molecule has 1 aromatic carbocycles. The van der Waals surface area contributed by atoms with Gasteiger partial charge in [-0.2, -0.15) is 0 Å². The Labute approximate surface area is 94.3 Å². The summed E-state index contributed by atoms with van der Waals surface area (Å²) >= 11 is 0. The molecule has 0 aliphatic heterocycles. The predicted molar refractivity (Wildman–Crippen MR) is 62.3 cm³/mol. The predicted octanol–water partition coefficient (Wildman–Crippen LogP) is 2.65. The van der Waals surface area contributed by atoms with E-state index in [4.69, 9.17) is 5.53 Å². The van der Waals surface area contributed by atoms with E-state index in [0.717, 1.165) is 5.56 Å². The highest BCUT2D eigenvalue weighted by molar-refractivity contribution is 5.75. The van der Waals surface area contributed by atoms with Crippen molar-refractivity contribution in [2.24, 2.45) is 5.11 Å². The van der Waals surface area contributed by atoms with Crippen molar-refractivity contribution in [3.05, 3.63) is 40.3 Å². The van der Waals surface area contributed by atoms with Crippen LogP contribution >= 0.6 is 0 Å². The summed E-state index contributed by atoms with van der Waals surface area (Å²) in [6.07, 6.45) is 1.12. The lowest BCUT2D eigenvalue weighted by atomic mass is 10.1. The van der Waals surface area contributed by atoms with Crippen molar-refractivity contribution in [2.45, 2.75) is 12.8 Å². The monoisotopic (exact) mass is 218 g/mol. The first-order chi connectivity index (χ1) is 7.63. The summed E-state index contributed by atoms with van der Waals surface area (Å²) in [5.74, 6) is 0.0918. The molecule has 84 valence electrons. The maximum absolute atomic E-state index is 11.4. The third-order valence-corrected chi connectivity index (χ3v) is 2.20. The SMILES string of the molecule is CN(C)C(=O)CCc1cccc(N=[N+]=[N-])c1. The molecule has 0 saturated heterocycles. The molecule has 5 nitrogen and oxygen atoms in total. The van der Waals surface area contributed by atoms with Gasteiger partial charge in [0.25, 0.3) is 0 Å². The van der Waals surface area contributed by atoms with Crippen molar-refractivity contribution in [3.63, 3.8) is 0 Å². The van der Waals surface area contributed by atoms with E-state index in [2.05, 4.69) is 10.0 Å². The van der Waals surface area contributed by atoms with Crippen molar-refractivity contribution < 1.29 is 4.79 Å². The van der Waals surface area contributed by atoms with E-state index in [1.807, 2.05) is 12.1 Å². The summed E-state index contributed by atoms with van der Waals surface area (Å²) < 4.78 is 0. The van der Waals surface area contributed by atoms with Crippen LogP contribution in [0.15, 0.2) is 29.4 Å². The van der Waals surface area contributed by atoms with Crippen LogP contribution in [0.4, 0.5) is 5.69 Å². The third-order valence-electron chi connectivity index (χ3n) is 2.20. The van der Waals surface area contributed by atoms with Gasteiger partial charge in [-0.3, -0.25) is 4.79 Å². The number of rotatable bonds is 4. The lowest BCUT2D eigenvalue weighted by molar-refractivity contribution is -0.128. The topological polar surface area (TPSA) is 69.1 Å². The molecule has 0 unspecified atom stereocenters. The van der Waals surface area contributed by atoms with Gasteiger partial charge in [-0.05, 0) is 23.6 Å². The summed E-state index contributed by atoms with van der Waals surface area (Å²) in [7, 11) is 3.47. The van der Waals surface area contributed by atoms with Crippen molar-refractivity contribution >= 4 is 11.6 Å². The summed E-state index contributed by atoms with van der Waals surface area (Å²) in [6, 6.07) is 7.26. The molecule has 0 saturated carbocycles. The highest BCUT2D eigenvalue weighted by Crippen LogP contribution is 2.15. The lowest BCUT2D eigenvalue weighted by Crippen LogP contribution is -2.21. The number of aryl methyl sites for hydroxylation is 1. The molecule has 0 radical (unpaired) electrons. The number of azide groups is 1. The Hall–Kier alpha value is -2.00. The molecular formula is C11H14N4O.